The van der Waals surface area contributed by atoms with E-state index in [0.29, 0.717) is 17.4 Å². The van der Waals surface area contributed by atoms with Crippen molar-refractivity contribution in [3.8, 4) is 0 Å². The van der Waals surface area contributed by atoms with E-state index in [1.165, 1.54) is 17.7 Å². The topological polar surface area (TPSA) is 78.9 Å². The van der Waals surface area contributed by atoms with Gasteiger partial charge in [-0.2, -0.15) is 0 Å². The molecule has 0 aromatic carbocycles. The van der Waals surface area contributed by atoms with Crippen molar-refractivity contribution in [1.29, 1.82) is 0 Å². The molecule has 0 aliphatic heterocycles. The Hall–Kier alpha value is -2.70. The van der Waals surface area contributed by atoms with Crippen LogP contribution in [0.4, 0.5) is 0 Å². The van der Waals surface area contributed by atoms with Crippen molar-refractivity contribution in [2.45, 2.75) is 19.9 Å². The van der Waals surface area contributed by atoms with Gasteiger partial charge in [-0.25, -0.2) is 9.78 Å². The molecule has 0 saturated heterocycles. The number of nitrogens with zero attached hydrogens (tertiary/aromatic N) is 4. The molecule has 0 saturated carbocycles. The monoisotopic (exact) mass is 300 g/mol. The van der Waals surface area contributed by atoms with Crippen molar-refractivity contribution < 1.29 is 0 Å². The van der Waals surface area contributed by atoms with E-state index in [4.69, 9.17) is 0 Å². The van der Waals surface area contributed by atoms with Crippen molar-refractivity contribution in [3.63, 3.8) is 0 Å². The smallest absolute Gasteiger partial charge is 0.315 e. The van der Waals surface area contributed by atoms with Crippen LogP contribution >= 0.6 is 0 Å². The van der Waals surface area contributed by atoms with Crippen LogP contribution in [0.25, 0.3) is 21.9 Å². The number of rotatable bonds is 2. The molecule has 0 fully saturated rings. The summed E-state index contributed by atoms with van der Waals surface area (Å²) in [4.78, 5) is 41.0. The third kappa shape index (κ3) is 1.89. The van der Waals surface area contributed by atoms with Gasteiger partial charge in [-0.15, -0.1) is 0 Å². The highest BCUT2D eigenvalue weighted by molar-refractivity contribution is 5.90. The molecule has 0 bridgehead atoms. The molecule has 3 aromatic rings. The number of fused-ring (bicyclic) bond motifs is 2. The summed E-state index contributed by atoms with van der Waals surface area (Å²) in [6, 6.07) is 3.27. The number of aromatic nitrogens is 4. The average molecular weight is 300 g/mol. The normalized spacial score (nSPS) is 11.4. The van der Waals surface area contributed by atoms with E-state index >= 15 is 0 Å². The second-order valence-corrected chi connectivity index (χ2v) is 5.31. The highest BCUT2D eigenvalue weighted by Crippen LogP contribution is 2.13. The Bertz CT molecular complexity index is 1070. The molecule has 0 atom stereocenters. The molecule has 0 amide bonds. The Balaban J connectivity index is 2.53. The van der Waals surface area contributed by atoms with Crippen LogP contribution in [0.2, 0.25) is 0 Å². The average Bonchev–Trinajstić information content (AvgIpc) is 2.52. The second-order valence-electron chi connectivity index (χ2n) is 5.31. The van der Waals surface area contributed by atoms with Crippen molar-refractivity contribution in [2.75, 3.05) is 0 Å². The summed E-state index contributed by atoms with van der Waals surface area (Å²) in [5, 5.41) is 0.655. The zero-order valence-corrected chi connectivity index (χ0v) is 12.7. The largest absolute Gasteiger partial charge is 0.332 e. The van der Waals surface area contributed by atoms with Crippen LogP contribution in [0.3, 0.4) is 0 Å². The summed E-state index contributed by atoms with van der Waals surface area (Å²) in [6.45, 7) is 2.60. The van der Waals surface area contributed by atoms with Gasteiger partial charge in [0.25, 0.3) is 11.1 Å². The summed E-state index contributed by atoms with van der Waals surface area (Å²) < 4.78 is 3.93. The maximum absolute atomic E-state index is 12.5. The van der Waals surface area contributed by atoms with Gasteiger partial charge in [0, 0.05) is 26.8 Å². The molecule has 7 heteroatoms. The molecular formula is C15H16N4O3. The van der Waals surface area contributed by atoms with Gasteiger partial charge >= 0.3 is 5.69 Å². The standard InChI is InChI=1S/C15H16N4O3/c1-4-6-19-7-5-11-9(14(19)21)8-10-12(16-11)17(2)15(22)18(3)13(10)20/h5,7-8H,4,6H2,1-3H3. The molecular weight excluding hydrogens is 284 g/mol. The minimum absolute atomic E-state index is 0.176. The van der Waals surface area contributed by atoms with Crippen LogP contribution in [0.15, 0.2) is 32.7 Å². The second kappa shape index (κ2) is 4.94. The predicted molar refractivity (Wildman–Crippen MR) is 84.3 cm³/mol. The first-order valence-corrected chi connectivity index (χ1v) is 7.05. The Morgan fingerprint density at radius 1 is 1.05 bits per heavy atom. The van der Waals surface area contributed by atoms with Crippen LogP contribution in [0.5, 0.6) is 0 Å². The van der Waals surface area contributed by atoms with Gasteiger partial charge in [0.05, 0.1) is 16.3 Å². The van der Waals surface area contributed by atoms with E-state index in [1.807, 2.05) is 6.92 Å². The quantitative estimate of drug-likeness (QED) is 0.640. The van der Waals surface area contributed by atoms with E-state index < -0.39 is 11.2 Å². The van der Waals surface area contributed by atoms with Crippen LogP contribution in [-0.2, 0) is 20.6 Å². The molecule has 0 radical (unpaired) electrons. The molecule has 114 valence electrons. The first kappa shape index (κ1) is 14.2. The zero-order valence-electron chi connectivity index (χ0n) is 12.7. The maximum Gasteiger partial charge on any atom is 0.332 e. The van der Waals surface area contributed by atoms with Gasteiger partial charge in [0.2, 0.25) is 0 Å². The lowest BCUT2D eigenvalue weighted by molar-refractivity contribution is 0.659. The molecule has 7 nitrogen and oxygen atoms in total. The van der Waals surface area contributed by atoms with E-state index in [1.54, 1.807) is 23.9 Å². The molecule has 0 N–H and O–H groups in total. The lowest BCUT2D eigenvalue weighted by Crippen LogP contribution is -2.37. The number of hydrogen-bond acceptors (Lipinski definition) is 4. The van der Waals surface area contributed by atoms with E-state index in [2.05, 4.69) is 4.98 Å². The highest BCUT2D eigenvalue weighted by Gasteiger charge is 2.13. The van der Waals surface area contributed by atoms with E-state index in [9.17, 15) is 14.4 Å². The third-order valence-electron chi connectivity index (χ3n) is 3.83. The molecule has 22 heavy (non-hydrogen) atoms. The Morgan fingerprint density at radius 2 is 1.77 bits per heavy atom. The first-order chi connectivity index (χ1) is 10.5. The highest BCUT2D eigenvalue weighted by atomic mass is 16.2. The van der Waals surface area contributed by atoms with Crippen molar-refractivity contribution in [1.82, 2.24) is 18.7 Å². The number of pyridine rings is 2. The molecule has 0 aliphatic rings. The minimum Gasteiger partial charge on any atom is -0.315 e. The van der Waals surface area contributed by atoms with Crippen LogP contribution < -0.4 is 16.8 Å². The summed E-state index contributed by atoms with van der Waals surface area (Å²) in [5.74, 6) is 0. The summed E-state index contributed by atoms with van der Waals surface area (Å²) in [5.41, 5.74) is -0.299. The van der Waals surface area contributed by atoms with E-state index in [-0.39, 0.29) is 16.6 Å². The third-order valence-corrected chi connectivity index (χ3v) is 3.83. The molecule has 0 unspecified atom stereocenters. The number of hydrogen-bond donors (Lipinski definition) is 0. The van der Waals surface area contributed by atoms with Crippen molar-refractivity contribution in [2.24, 2.45) is 14.1 Å². The Labute approximate surface area is 125 Å². The lowest BCUT2D eigenvalue weighted by Gasteiger charge is -2.09. The maximum atomic E-state index is 12.5. The summed E-state index contributed by atoms with van der Waals surface area (Å²) >= 11 is 0. The van der Waals surface area contributed by atoms with E-state index in [0.717, 1.165) is 11.0 Å². The fourth-order valence-corrected chi connectivity index (χ4v) is 2.61. The van der Waals surface area contributed by atoms with Crippen molar-refractivity contribution >= 4 is 21.9 Å². The minimum atomic E-state index is -0.446. The van der Waals surface area contributed by atoms with Gasteiger partial charge in [-0.1, -0.05) is 6.92 Å². The first-order valence-electron chi connectivity index (χ1n) is 7.05. The van der Waals surface area contributed by atoms with Gasteiger partial charge in [-0.05, 0) is 18.6 Å². The lowest BCUT2D eigenvalue weighted by atomic mass is 10.2. The molecule has 3 heterocycles. The predicted octanol–water partition coefficient (Wildman–Crippen LogP) is 0.357. The molecule has 3 aromatic heterocycles. The Morgan fingerprint density at radius 3 is 2.45 bits per heavy atom. The van der Waals surface area contributed by atoms with Gasteiger partial charge in [0.1, 0.15) is 5.65 Å². The van der Waals surface area contributed by atoms with Crippen LogP contribution in [-0.4, -0.2) is 18.7 Å². The fraction of sp³-hybridized carbons (Fsp3) is 0.333. The van der Waals surface area contributed by atoms with Crippen LogP contribution in [0, 0.1) is 0 Å². The number of aryl methyl sites for hydroxylation is 2. The van der Waals surface area contributed by atoms with Crippen molar-refractivity contribution in [3.05, 3.63) is 49.5 Å². The van der Waals surface area contributed by atoms with Gasteiger partial charge in [-0.3, -0.25) is 18.7 Å². The summed E-state index contributed by atoms with van der Waals surface area (Å²) in [7, 11) is 2.97. The van der Waals surface area contributed by atoms with Gasteiger partial charge < -0.3 is 4.57 Å². The zero-order chi connectivity index (χ0) is 16.0. The van der Waals surface area contributed by atoms with Crippen LogP contribution in [0.1, 0.15) is 13.3 Å². The SMILES string of the molecule is CCCn1ccc2nc3c(cc2c1=O)c(=O)n(C)c(=O)n3C. The molecule has 0 spiro atoms. The summed E-state index contributed by atoms with van der Waals surface area (Å²) in [6.07, 6.45) is 2.52. The Kier molecular flexibility index (Phi) is 3.20. The molecule has 3 rings (SSSR count). The van der Waals surface area contributed by atoms with Gasteiger partial charge in [0.15, 0.2) is 0 Å². The fourth-order valence-electron chi connectivity index (χ4n) is 2.61. The molecule has 0 aliphatic carbocycles.